The molecule has 0 aliphatic carbocycles. The quantitative estimate of drug-likeness (QED) is 0.171. The standard InChI is InChI=1S/C23H15ClF5NO3S/c24-17-12-20(30-22(17)21-18(25)2-1-3-19(21)26)15-6-4-13(5-7-15)14-8-10-16(11-9-14)33-34(31,32)23(27,28)29/h1-11,17,20H,12H2/t17?,20-/m1/s1. The molecule has 0 spiro atoms. The lowest BCUT2D eigenvalue weighted by Gasteiger charge is -2.11. The van der Waals surface area contributed by atoms with Crippen molar-refractivity contribution in [2.24, 2.45) is 4.99 Å². The van der Waals surface area contributed by atoms with E-state index in [1.807, 2.05) is 0 Å². The Balaban J connectivity index is 1.52. The Morgan fingerprint density at radius 1 is 0.882 bits per heavy atom. The highest BCUT2D eigenvalue weighted by Crippen LogP contribution is 2.36. The summed E-state index contributed by atoms with van der Waals surface area (Å²) < 4.78 is 91.9. The van der Waals surface area contributed by atoms with E-state index in [-0.39, 0.29) is 11.3 Å². The van der Waals surface area contributed by atoms with Gasteiger partial charge in [0.05, 0.1) is 22.7 Å². The van der Waals surface area contributed by atoms with Crippen LogP contribution in [0.5, 0.6) is 5.75 Å². The van der Waals surface area contributed by atoms with Gasteiger partial charge in [-0.15, -0.1) is 11.6 Å². The molecule has 0 N–H and O–H groups in total. The Morgan fingerprint density at radius 3 is 1.94 bits per heavy atom. The molecule has 0 radical (unpaired) electrons. The summed E-state index contributed by atoms with van der Waals surface area (Å²) in [6.07, 6.45) is 0.351. The summed E-state index contributed by atoms with van der Waals surface area (Å²) in [6, 6.07) is 15.2. The molecule has 4 nitrogen and oxygen atoms in total. The normalized spacial score (nSPS) is 18.6. The molecule has 178 valence electrons. The van der Waals surface area contributed by atoms with Gasteiger partial charge >= 0.3 is 15.6 Å². The van der Waals surface area contributed by atoms with E-state index in [1.54, 1.807) is 24.3 Å². The van der Waals surface area contributed by atoms with Crippen LogP contribution in [-0.4, -0.2) is 25.0 Å². The minimum Gasteiger partial charge on any atom is -0.376 e. The zero-order valence-electron chi connectivity index (χ0n) is 17.1. The molecular weight excluding hydrogens is 501 g/mol. The molecule has 2 atom stereocenters. The maximum Gasteiger partial charge on any atom is 0.534 e. The van der Waals surface area contributed by atoms with Crippen molar-refractivity contribution in [1.82, 2.24) is 0 Å². The first kappa shape index (κ1) is 24.2. The Morgan fingerprint density at radius 2 is 1.41 bits per heavy atom. The van der Waals surface area contributed by atoms with Crippen LogP contribution in [0.3, 0.4) is 0 Å². The summed E-state index contributed by atoms with van der Waals surface area (Å²) >= 11 is 6.33. The van der Waals surface area contributed by atoms with Crippen molar-refractivity contribution in [3.05, 3.63) is 89.5 Å². The molecule has 1 aliphatic rings. The third kappa shape index (κ3) is 4.78. The zero-order valence-corrected chi connectivity index (χ0v) is 18.6. The fourth-order valence-electron chi connectivity index (χ4n) is 3.56. The van der Waals surface area contributed by atoms with Crippen molar-refractivity contribution < 1.29 is 34.6 Å². The lowest BCUT2D eigenvalue weighted by Crippen LogP contribution is -2.28. The molecule has 0 aromatic heterocycles. The monoisotopic (exact) mass is 515 g/mol. The van der Waals surface area contributed by atoms with E-state index < -0.39 is 44.4 Å². The predicted molar refractivity (Wildman–Crippen MR) is 117 cm³/mol. The lowest BCUT2D eigenvalue weighted by atomic mass is 9.99. The highest BCUT2D eigenvalue weighted by molar-refractivity contribution is 7.88. The molecule has 3 aromatic carbocycles. The number of benzene rings is 3. The van der Waals surface area contributed by atoms with Gasteiger partial charge in [-0.05, 0) is 47.4 Å². The Labute approximate surface area is 196 Å². The largest absolute Gasteiger partial charge is 0.534 e. The van der Waals surface area contributed by atoms with Crippen molar-refractivity contribution >= 4 is 27.4 Å². The molecule has 4 rings (SSSR count). The first-order valence-electron chi connectivity index (χ1n) is 9.83. The number of halogens is 6. The second kappa shape index (κ2) is 8.99. The number of hydrogen-bond donors (Lipinski definition) is 0. The molecule has 11 heteroatoms. The van der Waals surface area contributed by atoms with Gasteiger partial charge in [0.2, 0.25) is 0 Å². The topological polar surface area (TPSA) is 55.7 Å². The summed E-state index contributed by atoms with van der Waals surface area (Å²) in [7, 11) is -5.75. The van der Waals surface area contributed by atoms with Crippen LogP contribution in [0.15, 0.2) is 71.7 Å². The molecule has 1 aliphatic heterocycles. The van der Waals surface area contributed by atoms with Crippen molar-refractivity contribution in [1.29, 1.82) is 0 Å². The SMILES string of the molecule is O=S(=O)(Oc1ccc(-c2ccc([C@H]3CC(Cl)C(c4c(F)cccc4F)=N3)cc2)cc1)C(F)(F)F. The van der Waals surface area contributed by atoms with E-state index >= 15 is 0 Å². The van der Waals surface area contributed by atoms with Crippen LogP contribution in [0.2, 0.25) is 0 Å². The first-order chi connectivity index (χ1) is 16.0. The highest BCUT2D eigenvalue weighted by Gasteiger charge is 2.48. The van der Waals surface area contributed by atoms with Crippen LogP contribution in [-0.2, 0) is 10.1 Å². The summed E-state index contributed by atoms with van der Waals surface area (Å²) in [6.45, 7) is 0. The third-order valence-corrected chi connectivity index (χ3v) is 6.58. The summed E-state index contributed by atoms with van der Waals surface area (Å²) in [4.78, 5) is 4.44. The molecule has 1 unspecified atom stereocenters. The highest BCUT2D eigenvalue weighted by atomic mass is 35.5. The van der Waals surface area contributed by atoms with Crippen LogP contribution in [0.25, 0.3) is 11.1 Å². The van der Waals surface area contributed by atoms with E-state index in [1.165, 1.54) is 18.2 Å². The van der Waals surface area contributed by atoms with Crippen molar-refractivity contribution in [2.45, 2.75) is 23.3 Å². The molecule has 0 saturated carbocycles. The molecular formula is C23H15ClF5NO3S. The van der Waals surface area contributed by atoms with Gasteiger partial charge < -0.3 is 4.18 Å². The van der Waals surface area contributed by atoms with Crippen LogP contribution in [0.4, 0.5) is 22.0 Å². The molecule has 0 bridgehead atoms. The van der Waals surface area contributed by atoms with Crippen LogP contribution in [0, 0.1) is 11.6 Å². The molecule has 34 heavy (non-hydrogen) atoms. The van der Waals surface area contributed by atoms with Crippen LogP contribution >= 0.6 is 11.6 Å². The van der Waals surface area contributed by atoms with E-state index in [2.05, 4.69) is 9.18 Å². The third-order valence-electron chi connectivity index (χ3n) is 5.21. The fraction of sp³-hybridized carbons (Fsp3) is 0.174. The van der Waals surface area contributed by atoms with Gasteiger partial charge in [-0.3, -0.25) is 4.99 Å². The van der Waals surface area contributed by atoms with Gasteiger partial charge in [-0.25, -0.2) is 8.78 Å². The maximum absolute atomic E-state index is 14.1. The molecule has 1 heterocycles. The van der Waals surface area contributed by atoms with E-state index in [4.69, 9.17) is 11.6 Å². The zero-order chi connectivity index (χ0) is 24.7. The van der Waals surface area contributed by atoms with Crippen LogP contribution in [0.1, 0.15) is 23.6 Å². The first-order valence-corrected chi connectivity index (χ1v) is 11.7. The smallest absolute Gasteiger partial charge is 0.376 e. The number of rotatable bonds is 5. The molecule has 0 saturated heterocycles. The minimum absolute atomic E-state index is 0.149. The number of aliphatic imine (C=N–C) groups is 1. The number of nitrogens with zero attached hydrogens (tertiary/aromatic N) is 1. The number of hydrogen-bond acceptors (Lipinski definition) is 4. The fourth-order valence-corrected chi connectivity index (χ4v) is 4.35. The Bertz CT molecular complexity index is 1320. The number of alkyl halides is 4. The van der Waals surface area contributed by atoms with Crippen molar-refractivity contribution in [3.63, 3.8) is 0 Å². The van der Waals surface area contributed by atoms with Gasteiger partial charge in [0.15, 0.2) is 0 Å². The summed E-state index contributed by atoms with van der Waals surface area (Å²) in [5.74, 6) is -1.95. The summed E-state index contributed by atoms with van der Waals surface area (Å²) in [5.41, 5.74) is -3.56. The van der Waals surface area contributed by atoms with Crippen LogP contribution < -0.4 is 4.18 Å². The summed E-state index contributed by atoms with van der Waals surface area (Å²) in [5, 5.41) is -0.670. The molecule has 0 fully saturated rings. The molecule has 0 amide bonds. The molecule has 3 aromatic rings. The maximum atomic E-state index is 14.1. The Hall–Kier alpha value is -2.98. The average molecular weight is 516 g/mol. The van der Waals surface area contributed by atoms with Gasteiger partial charge in [0, 0.05) is 0 Å². The van der Waals surface area contributed by atoms with E-state index in [9.17, 15) is 30.4 Å². The Kier molecular flexibility index (Phi) is 6.39. The second-order valence-corrected chi connectivity index (χ2v) is 9.52. The average Bonchev–Trinajstić information content (AvgIpc) is 3.14. The van der Waals surface area contributed by atoms with Crippen molar-refractivity contribution in [2.75, 3.05) is 0 Å². The van der Waals surface area contributed by atoms with E-state index in [0.29, 0.717) is 17.5 Å². The minimum atomic E-state index is -5.75. The lowest BCUT2D eigenvalue weighted by molar-refractivity contribution is -0.0500. The predicted octanol–water partition coefficient (Wildman–Crippen LogP) is 6.40. The van der Waals surface area contributed by atoms with Gasteiger partial charge in [-0.2, -0.15) is 21.6 Å². The van der Waals surface area contributed by atoms with Gasteiger partial charge in [-0.1, -0.05) is 42.5 Å². The second-order valence-electron chi connectivity index (χ2n) is 7.46. The van der Waals surface area contributed by atoms with Gasteiger partial charge in [0.1, 0.15) is 17.4 Å². The van der Waals surface area contributed by atoms with Crippen molar-refractivity contribution in [3.8, 4) is 16.9 Å². The van der Waals surface area contributed by atoms with E-state index in [0.717, 1.165) is 29.8 Å². The van der Waals surface area contributed by atoms with Gasteiger partial charge in [0.25, 0.3) is 0 Å².